The van der Waals surface area contributed by atoms with E-state index in [1.54, 1.807) is 6.26 Å². The molecule has 0 bridgehead atoms. The van der Waals surface area contributed by atoms with E-state index in [1.165, 1.54) is 141 Å². The lowest BCUT2D eigenvalue weighted by Crippen LogP contribution is -2.27. The van der Waals surface area contributed by atoms with Crippen molar-refractivity contribution >= 4 is 13.8 Å². The van der Waals surface area contributed by atoms with Crippen molar-refractivity contribution in [3.8, 4) is 0 Å². The maximum Gasteiger partial charge on any atom is 0.472 e. The van der Waals surface area contributed by atoms with Crippen molar-refractivity contribution in [1.29, 1.82) is 0 Å². The Kier molecular flexibility index (Phi) is 41.1. The predicted octanol–water partition coefficient (Wildman–Crippen LogP) is 13.5. The molecule has 0 aliphatic carbocycles. The topological polar surface area (TPSA) is 117 Å². The highest BCUT2D eigenvalue weighted by atomic mass is 31.2. The Bertz CT molecular complexity index is 968. The van der Waals surface area contributed by atoms with Crippen LogP contribution in [0.2, 0.25) is 0 Å². The van der Waals surface area contributed by atoms with Crippen LogP contribution in [0.5, 0.6) is 0 Å². The van der Waals surface area contributed by atoms with E-state index in [1.807, 2.05) is 6.08 Å². The van der Waals surface area contributed by atoms with E-state index in [4.69, 9.17) is 24.3 Å². The van der Waals surface area contributed by atoms with Gasteiger partial charge in [-0.15, -0.1) is 0 Å². The molecule has 316 valence electrons. The number of carbonyl (C=O) groups is 1. The lowest BCUT2D eigenvalue weighted by Gasteiger charge is -2.19. The summed E-state index contributed by atoms with van der Waals surface area (Å²) >= 11 is 0. The predicted molar refractivity (Wildman–Crippen MR) is 228 cm³/mol. The molecular weight excluding hydrogens is 697 g/mol. The number of phosphoric ester groups is 1. The highest BCUT2D eigenvalue weighted by molar-refractivity contribution is 7.47. The van der Waals surface area contributed by atoms with E-state index < -0.39 is 19.9 Å². The van der Waals surface area contributed by atoms with Gasteiger partial charge in [-0.1, -0.05) is 179 Å². The number of unbranched alkanes of at least 4 members (excludes halogenated alkanes) is 23. The number of esters is 1. The molecule has 0 saturated carbocycles. The summed E-state index contributed by atoms with van der Waals surface area (Å²) < 4.78 is 33.1. The summed E-state index contributed by atoms with van der Waals surface area (Å²) in [5.74, 6) is -0.402. The third-order valence-corrected chi connectivity index (χ3v) is 10.3. The minimum absolute atomic E-state index is 0.0125. The standard InChI is InChI=1S/C45H84NO7P/c1-3-5-7-9-11-13-15-17-19-21-23-25-27-29-31-33-35-37-40-50-42-44(43-52-54(48,49)51-41-39-46)53-45(47)38-36-34-32-30-28-26-24-22-20-18-16-14-12-10-8-6-4-2/h18,20,24,26,30,32,37,40,44H,3-17,19,21-23,25,27-29,31,33-36,38-39,41-43,46H2,1-2H3,(H,48,49)/b20-18+,26-24+,32-30+,40-37+/t44-/m1/s1. The van der Waals surface area contributed by atoms with Gasteiger partial charge >= 0.3 is 13.8 Å². The Hall–Kier alpha value is -1.70. The molecule has 0 saturated heterocycles. The molecule has 0 aliphatic rings. The molecule has 0 aromatic heterocycles. The Balaban J connectivity index is 4.14. The molecule has 0 radical (unpaired) electrons. The lowest BCUT2D eigenvalue weighted by molar-refractivity contribution is -0.153. The summed E-state index contributed by atoms with van der Waals surface area (Å²) in [6.45, 7) is 4.19. The van der Waals surface area contributed by atoms with E-state index in [9.17, 15) is 14.3 Å². The Labute approximate surface area is 332 Å². The zero-order valence-corrected chi connectivity index (χ0v) is 35.8. The smallest absolute Gasteiger partial charge is 0.472 e. The van der Waals surface area contributed by atoms with Gasteiger partial charge in [-0.2, -0.15) is 0 Å². The fraction of sp³-hybridized carbons (Fsp3) is 0.800. The van der Waals surface area contributed by atoms with Crippen LogP contribution >= 0.6 is 7.82 Å². The quantitative estimate of drug-likeness (QED) is 0.0207. The van der Waals surface area contributed by atoms with Crippen LogP contribution in [-0.2, 0) is 27.9 Å². The highest BCUT2D eigenvalue weighted by Gasteiger charge is 2.25. The van der Waals surface area contributed by atoms with E-state index in [-0.39, 0.29) is 32.8 Å². The molecule has 0 spiro atoms. The lowest BCUT2D eigenvalue weighted by atomic mass is 10.0. The van der Waals surface area contributed by atoms with E-state index >= 15 is 0 Å². The molecule has 0 rings (SSSR count). The summed E-state index contributed by atoms with van der Waals surface area (Å²) in [6.07, 6.45) is 50.9. The summed E-state index contributed by atoms with van der Waals surface area (Å²) in [6, 6.07) is 0. The number of rotatable bonds is 42. The number of nitrogens with two attached hydrogens (primary N) is 1. The number of phosphoric acid groups is 1. The van der Waals surface area contributed by atoms with Gasteiger partial charge in [0.05, 0.1) is 19.5 Å². The van der Waals surface area contributed by atoms with Crippen molar-refractivity contribution in [2.24, 2.45) is 5.73 Å². The van der Waals surface area contributed by atoms with Crippen LogP contribution in [0.25, 0.3) is 0 Å². The van der Waals surface area contributed by atoms with Crippen molar-refractivity contribution in [3.63, 3.8) is 0 Å². The highest BCUT2D eigenvalue weighted by Crippen LogP contribution is 2.43. The molecule has 0 aromatic carbocycles. The van der Waals surface area contributed by atoms with Crippen molar-refractivity contribution in [2.45, 2.75) is 206 Å². The van der Waals surface area contributed by atoms with Gasteiger partial charge in [0.1, 0.15) is 6.61 Å². The average molecular weight is 782 g/mol. The van der Waals surface area contributed by atoms with E-state index in [2.05, 4.69) is 50.3 Å². The second-order valence-electron chi connectivity index (χ2n) is 14.6. The molecule has 1 unspecified atom stereocenters. The van der Waals surface area contributed by atoms with Crippen molar-refractivity contribution in [3.05, 3.63) is 48.8 Å². The van der Waals surface area contributed by atoms with Crippen LogP contribution in [0.4, 0.5) is 0 Å². The fourth-order valence-electron chi connectivity index (χ4n) is 6.04. The normalized spacial score (nSPS) is 13.9. The first kappa shape index (κ1) is 52.3. The van der Waals surface area contributed by atoms with Gasteiger partial charge in [-0.25, -0.2) is 4.57 Å². The van der Waals surface area contributed by atoms with Gasteiger partial charge < -0.3 is 20.1 Å². The first-order chi connectivity index (χ1) is 26.4. The first-order valence-corrected chi connectivity index (χ1v) is 23.7. The molecular formula is C45H84NO7P. The summed E-state index contributed by atoms with van der Waals surface area (Å²) in [7, 11) is -4.31. The number of carbonyl (C=O) groups excluding carboxylic acids is 1. The number of hydrogen-bond donors (Lipinski definition) is 2. The van der Waals surface area contributed by atoms with Crippen molar-refractivity contribution < 1.29 is 32.8 Å². The van der Waals surface area contributed by atoms with Crippen LogP contribution in [0.15, 0.2) is 48.8 Å². The zero-order valence-electron chi connectivity index (χ0n) is 35.0. The third-order valence-electron chi connectivity index (χ3n) is 9.31. The molecule has 0 heterocycles. The molecule has 8 nitrogen and oxygen atoms in total. The van der Waals surface area contributed by atoms with Crippen LogP contribution in [0, 0.1) is 0 Å². The van der Waals surface area contributed by atoms with Gasteiger partial charge in [0.2, 0.25) is 0 Å². The number of allylic oxidation sites excluding steroid dienone is 7. The monoisotopic (exact) mass is 782 g/mol. The average Bonchev–Trinajstić information content (AvgIpc) is 3.16. The van der Waals surface area contributed by atoms with Crippen LogP contribution in [0.3, 0.4) is 0 Å². The largest absolute Gasteiger partial charge is 0.498 e. The minimum atomic E-state index is -4.31. The van der Waals surface area contributed by atoms with E-state index in [0.29, 0.717) is 6.42 Å². The van der Waals surface area contributed by atoms with Crippen LogP contribution < -0.4 is 5.73 Å². The molecule has 3 N–H and O–H groups in total. The van der Waals surface area contributed by atoms with Gasteiger partial charge in [-0.05, 0) is 57.4 Å². The minimum Gasteiger partial charge on any atom is -0.498 e. The SMILES string of the molecule is CCCCCCCC/C=C/C/C=C/C/C=C/CCCC(=O)O[C@H](CO/C=C/CCCCCCCCCCCCCCCCCC)COP(=O)(O)OCCN. The zero-order chi connectivity index (χ0) is 39.5. The number of ether oxygens (including phenoxy) is 2. The second-order valence-corrected chi connectivity index (χ2v) is 16.1. The maximum absolute atomic E-state index is 12.5. The molecule has 9 heteroatoms. The first-order valence-electron chi connectivity index (χ1n) is 22.2. The van der Waals surface area contributed by atoms with Crippen LogP contribution in [0.1, 0.15) is 200 Å². The molecule has 0 amide bonds. The molecule has 54 heavy (non-hydrogen) atoms. The Morgan fingerprint density at radius 3 is 1.48 bits per heavy atom. The van der Waals surface area contributed by atoms with Crippen molar-refractivity contribution in [2.75, 3.05) is 26.4 Å². The summed E-state index contributed by atoms with van der Waals surface area (Å²) in [4.78, 5) is 22.4. The van der Waals surface area contributed by atoms with Gasteiger partial charge in [0.25, 0.3) is 0 Å². The van der Waals surface area contributed by atoms with Crippen molar-refractivity contribution in [1.82, 2.24) is 0 Å². The molecule has 0 fully saturated rings. The molecule has 2 atom stereocenters. The summed E-state index contributed by atoms with van der Waals surface area (Å²) in [5, 5.41) is 0. The molecule has 0 aliphatic heterocycles. The Morgan fingerprint density at radius 1 is 0.574 bits per heavy atom. The van der Waals surface area contributed by atoms with Gasteiger partial charge in [0.15, 0.2) is 6.10 Å². The van der Waals surface area contributed by atoms with Crippen LogP contribution in [-0.4, -0.2) is 43.3 Å². The fourth-order valence-corrected chi connectivity index (χ4v) is 6.80. The van der Waals surface area contributed by atoms with Gasteiger partial charge in [0, 0.05) is 13.0 Å². The Morgan fingerprint density at radius 2 is 1.00 bits per heavy atom. The number of hydrogen-bond acceptors (Lipinski definition) is 7. The second kappa shape index (κ2) is 42.4. The molecule has 0 aromatic rings. The third kappa shape index (κ3) is 41.5. The van der Waals surface area contributed by atoms with Gasteiger partial charge in [-0.3, -0.25) is 13.8 Å². The maximum atomic E-state index is 12.5. The summed E-state index contributed by atoms with van der Waals surface area (Å²) in [5.41, 5.74) is 5.36. The van der Waals surface area contributed by atoms with E-state index in [0.717, 1.165) is 32.1 Å².